The van der Waals surface area contributed by atoms with Gasteiger partial charge in [-0.3, -0.25) is 9.59 Å². The van der Waals surface area contributed by atoms with Crippen molar-refractivity contribution < 1.29 is 9.59 Å². The SMILES string of the molecule is NC(=O)CCCCNC(=O)c1c(N)cccc1Cl. The van der Waals surface area contributed by atoms with Gasteiger partial charge in [-0.2, -0.15) is 0 Å². The van der Waals surface area contributed by atoms with Crippen LogP contribution in [0, 0.1) is 0 Å². The normalized spacial score (nSPS) is 10.1. The number of hydrogen-bond acceptors (Lipinski definition) is 3. The minimum absolute atomic E-state index is 0.286. The molecule has 1 aromatic carbocycles. The summed E-state index contributed by atoms with van der Waals surface area (Å²) in [7, 11) is 0. The van der Waals surface area contributed by atoms with Crippen LogP contribution in [-0.4, -0.2) is 18.4 Å². The van der Waals surface area contributed by atoms with Gasteiger partial charge >= 0.3 is 0 Å². The lowest BCUT2D eigenvalue weighted by molar-refractivity contribution is -0.118. The summed E-state index contributed by atoms with van der Waals surface area (Å²) in [5.74, 6) is -0.645. The minimum atomic E-state index is -0.336. The standard InChI is InChI=1S/C12H16ClN3O2/c13-8-4-3-5-9(14)11(8)12(18)16-7-2-1-6-10(15)17/h3-5H,1-2,6-7,14H2,(H2,15,17)(H,16,18). The summed E-state index contributed by atoms with van der Waals surface area (Å²) in [5, 5.41) is 3.02. The first kappa shape index (κ1) is 14.3. The molecule has 5 N–H and O–H groups in total. The maximum absolute atomic E-state index is 11.8. The van der Waals surface area contributed by atoms with Crippen molar-refractivity contribution in [1.82, 2.24) is 5.32 Å². The first-order valence-electron chi connectivity index (χ1n) is 5.63. The molecule has 6 heteroatoms. The van der Waals surface area contributed by atoms with Crippen LogP contribution < -0.4 is 16.8 Å². The number of amides is 2. The molecule has 0 saturated heterocycles. The number of nitrogen functional groups attached to an aromatic ring is 1. The van der Waals surface area contributed by atoms with Crippen LogP contribution in [0.2, 0.25) is 5.02 Å². The quantitative estimate of drug-likeness (QED) is 0.536. The summed E-state index contributed by atoms with van der Waals surface area (Å²) in [5.41, 5.74) is 11.3. The number of carbonyl (C=O) groups excluding carboxylic acids is 2. The number of unbranched alkanes of at least 4 members (excludes halogenated alkanes) is 1. The van der Waals surface area contributed by atoms with Crippen molar-refractivity contribution in [1.29, 1.82) is 0 Å². The van der Waals surface area contributed by atoms with Crippen molar-refractivity contribution in [3.63, 3.8) is 0 Å². The first-order chi connectivity index (χ1) is 8.52. The van der Waals surface area contributed by atoms with Gasteiger partial charge in [0.25, 0.3) is 5.91 Å². The Morgan fingerprint density at radius 3 is 2.61 bits per heavy atom. The lowest BCUT2D eigenvalue weighted by Gasteiger charge is -2.08. The molecule has 0 unspecified atom stereocenters. The van der Waals surface area contributed by atoms with Gasteiger partial charge < -0.3 is 16.8 Å². The molecule has 0 aliphatic carbocycles. The summed E-state index contributed by atoms with van der Waals surface area (Å²) in [4.78, 5) is 22.3. The summed E-state index contributed by atoms with van der Waals surface area (Å²) in [6, 6.07) is 4.91. The highest BCUT2D eigenvalue weighted by Crippen LogP contribution is 2.21. The number of rotatable bonds is 6. The maximum atomic E-state index is 11.8. The van der Waals surface area contributed by atoms with Gasteiger partial charge in [-0.1, -0.05) is 17.7 Å². The van der Waals surface area contributed by atoms with E-state index in [-0.39, 0.29) is 17.4 Å². The number of hydrogen-bond donors (Lipinski definition) is 3. The lowest BCUT2D eigenvalue weighted by Crippen LogP contribution is -2.26. The molecular formula is C12H16ClN3O2. The predicted octanol–water partition coefficient (Wildman–Crippen LogP) is 1.31. The summed E-state index contributed by atoms with van der Waals surface area (Å²) >= 11 is 5.90. The second-order valence-electron chi connectivity index (χ2n) is 3.88. The molecule has 0 heterocycles. The van der Waals surface area contributed by atoms with Crippen molar-refractivity contribution in [2.45, 2.75) is 19.3 Å². The Kier molecular flexibility index (Phi) is 5.45. The van der Waals surface area contributed by atoms with Gasteiger partial charge in [0.2, 0.25) is 5.91 Å². The van der Waals surface area contributed by atoms with Crippen LogP contribution in [0.3, 0.4) is 0 Å². The number of carbonyl (C=O) groups is 2. The lowest BCUT2D eigenvalue weighted by atomic mass is 10.1. The largest absolute Gasteiger partial charge is 0.398 e. The second kappa shape index (κ2) is 6.86. The highest BCUT2D eigenvalue weighted by atomic mass is 35.5. The molecule has 0 aliphatic rings. The van der Waals surface area contributed by atoms with E-state index in [0.29, 0.717) is 36.5 Å². The highest BCUT2D eigenvalue weighted by molar-refractivity contribution is 6.34. The molecule has 0 aromatic heterocycles. The van der Waals surface area contributed by atoms with Crippen LogP contribution in [0.15, 0.2) is 18.2 Å². The van der Waals surface area contributed by atoms with E-state index in [1.807, 2.05) is 0 Å². The zero-order valence-corrected chi connectivity index (χ0v) is 10.7. The number of nitrogens with one attached hydrogen (secondary N) is 1. The Morgan fingerprint density at radius 1 is 1.28 bits per heavy atom. The number of anilines is 1. The molecular weight excluding hydrogens is 254 g/mol. The summed E-state index contributed by atoms with van der Waals surface area (Å²) in [6.45, 7) is 0.455. The third-order valence-electron chi connectivity index (χ3n) is 2.41. The van der Waals surface area contributed by atoms with Crippen LogP contribution in [0.4, 0.5) is 5.69 Å². The van der Waals surface area contributed by atoms with Crippen molar-refractivity contribution in [3.05, 3.63) is 28.8 Å². The highest BCUT2D eigenvalue weighted by Gasteiger charge is 2.12. The Balaban J connectivity index is 2.44. The molecule has 0 saturated carbocycles. The fraction of sp³-hybridized carbons (Fsp3) is 0.333. The molecule has 0 fully saturated rings. The molecule has 18 heavy (non-hydrogen) atoms. The third kappa shape index (κ3) is 4.25. The topological polar surface area (TPSA) is 98.2 Å². The van der Waals surface area contributed by atoms with Crippen LogP contribution >= 0.6 is 11.6 Å². The van der Waals surface area contributed by atoms with Gasteiger partial charge in [-0.25, -0.2) is 0 Å². The van der Waals surface area contributed by atoms with E-state index in [1.54, 1.807) is 18.2 Å². The molecule has 5 nitrogen and oxygen atoms in total. The molecule has 0 spiro atoms. The van der Waals surface area contributed by atoms with Gasteiger partial charge in [0.15, 0.2) is 0 Å². The molecule has 0 atom stereocenters. The van der Waals surface area contributed by atoms with E-state index >= 15 is 0 Å². The number of benzene rings is 1. The van der Waals surface area contributed by atoms with Crippen LogP contribution in [0.5, 0.6) is 0 Å². The Morgan fingerprint density at radius 2 is 2.00 bits per heavy atom. The van der Waals surface area contributed by atoms with Gasteiger partial charge in [0, 0.05) is 18.7 Å². The maximum Gasteiger partial charge on any atom is 0.254 e. The van der Waals surface area contributed by atoms with Crippen LogP contribution in [0.1, 0.15) is 29.6 Å². The van der Waals surface area contributed by atoms with E-state index in [4.69, 9.17) is 23.1 Å². The molecule has 1 rings (SSSR count). The third-order valence-corrected chi connectivity index (χ3v) is 2.72. The minimum Gasteiger partial charge on any atom is -0.398 e. The van der Waals surface area contributed by atoms with Crippen molar-refractivity contribution in [2.24, 2.45) is 5.73 Å². The predicted molar refractivity (Wildman–Crippen MR) is 71.2 cm³/mol. The zero-order valence-electron chi connectivity index (χ0n) is 9.91. The van der Waals surface area contributed by atoms with E-state index in [9.17, 15) is 9.59 Å². The van der Waals surface area contributed by atoms with Crippen molar-refractivity contribution >= 4 is 29.1 Å². The monoisotopic (exact) mass is 269 g/mol. The molecule has 2 amide bonds. The van der Waals surface area contributed by atoms with Crippen molar-refractivity contribution in [3.8, 4) is 0 Å². The van der Waals surface area contributed by atoms with Crippen LogP contribution in [-0.2, 0) is 4.79 Å². The molecule has 0 radical (unpaired) electrons. The molecule has 98 valence electrons. The fourth-order valence-corrected chi connectivity index (χ4v) is 1.76. The van der Waals surface area contributed by atoms with E-state index < -0.39 is 0 Å². The van der Waals surface area contributed by atoms with Crippen molar-refractivity contribution in [2.75, 3.05) is 12.3 Å². The number of nitrogens with two attached hydrogens (primary N) is 2. The fourth-order valence-electron chi connectivity index (χ4n) is 1.49. The van der Waals surface area contributed by atoms with E-state index in [1.165, 1.54) is 0 Å². The van der Waals surface area contributed by atoms with Gasteiger partial charge in [-0.15, -0.1) is 0 Å². The van der Waals surface area contributed by atoms with E-state index in [0.717, 1.165) is 0 Å². The average molecular weight is 270 g/mol. The zero-order chi connectivity index (χ0) is 13.5. The molecule has 0 aliphatic heterocycles. The Hall–Kier alpha value is -1.75. The number of primary amides is 1. The Labute approximate surface area is 110 Å². The summed E-state index contributed by atoms with van der Waals surface area (Å²) < 4.78 is 0. The molecule has 0 bridgehead atoms. The van der Waals surface area contributed by atoms with Gasteiger partial charge in [0.1, 0.15) is 0 Å². The Bertz CT molecular complexity index is 429. The number of halogens is 1. The van der Waals surface area contributed by atoms with E-state index in [2.05, 4.69) is 5.32 Å². The van der Waals surface area contributed by atoms with Crippen LogP contribution in [0.25, 0.3) is 0 Å². The molecule has 1 aromatic rings. The van der Waals surface area contributed by atoms with Gasteiger partial charge in [-0.05, 0) is 25.0 Å². The first-order valence-corrected chi connectivity index (χ1v) is 6.00. The smallest absolute Gasteiger partial charge is 0.254 e. The average Bonchev–Trinajstić information content (AvgIpc) is 2.27. The summed E-state index contributed by atoms with van der Waals surface area (Å²) in [6.07, 6.45) is 1.65. The second-order valence-corrected chi connectivity index (χ2v) is 4.29. The van der Waals surface area contributed by atoms with Gasteiger partial charge in [0.05, 0.1) is 10.6 Å².